The SMILES string of the molecule is COC(=O)c1occc1CNCCN(C(C)C)C(C)C. The molecule has 0 amide bonds. The van der Waals surface area contributed by atoms with E-state index in [1.807, 2.05) is 0 Å². The van der Waals surface area contributed by atoms with E-state index in [0.29, 0.717) is 18.6 Å². The maximum atomic E-state index is 11.5. The van der Waals surface area contributed by atoms with E-state index in [1.165, 1.54) is 13.4 Å². The molecule has 0 unspecified atom stereocenters. The molecule has 0 fully saturated rings. The van der Waals surface area contributed by atoms with Crippen LogP contribution < -0.4 is 5.32 Å². The van der Waals surface area contributed by atoms with Crippen molar-refractivity contribution in [2.24, 2.45) is 0 Å². The summed E-state index contributed by atoms with van der Waals surface area (Å²) in [6.07, 6.45) is 1.51. The van der Waals surface area contributed by atoms with Crippen LogP contribution in [-0.4, -0.2) is 43.2 Å². The van der Waals surface area contributed by atoms with Crippen LogP contribution in [0.25, 0.3) is 0 Å². The molecule has 1 heterocycles. The van der Waals surface area contributed by atoms with Gasteiger partial charge >= 0.3 is 5.97 Å². The number of furan rings is 1. The Morgan fingerprint density at radius 3 is 2.55 bits per heavy atom. The average molecular weight is 282 g/mol. The molecule has 1 aromatic rings. The Morgan fingerprint density at radius 1 is 1.35 bits per heavy atom. The summed E-state index contributed by atoms with van der Waals surface area (Å²) < 4.78 is 9.82. The summed E-state index contributed by atoms with van der Waals surface area (Å²) >= 11 is 0. The second-order valence-corrected chi connectivity index (χ2v) is 5.37. The van der Waals surface area contributed by atoms with Gasteiger partial charge in [-0.15, -0.1) is 0 Å². The predicted molar refractivity (Wildman–Crippen MR) is 78.7 cm³/mol. The quantitative estimate of drug-likeness (QED) is 0.585. The van der Waals surface area contributed by atoms with Crippen molar-refractivity contribution in [3.8, 4) is 0 Å². The summed E-state index contributed by atoms with van der Waals surface area (Å²) in [6.45, 7) is 11.2. The van der Waals surface area contributed by atoms with Gasteiger partial charge in [0, 0.05) is 37.3 Å². The Hall–Kier alpha value is -1.33. The van der Waals surface area contributed by atoms with Crippen molar-refractivity contribution in [3.05, 3.63) is 23.7 Å². The zero-order chi connectivity index (χ0) is 15.1. The molecular weight excluding hydrogens is 256 g/mol. The van der Waals surface area contributed by atoms with Crippen LogP contribution in [0.3, 0.4) is 0 Å². The fourth-order valence-electron chi connectivity index (χ4n) is 2.29. The maximum absolute atomic E-state index is 11.5. The molecule has 0 bridgehead atoms. The van der Waals surface area contributed by atoms with Gasteiger partial charge in [-0.3, -0.25) is 4.90 Å². The van der Waals surface area contributed by atoms with Crippen molar-refractivity contribution >= 4 is 5.97 Å². The molecule has 5 nitrogen and oxygen atoms in total. The molecule has 5 heteroatoms. The van der Waals surface area contributed by atoms with Gasteiger partial charge in [0.1, 0.15) is 0 Å². The van der Waals surface area contributed by atoms with E-state index in [1.54, 1.807) is 6.07 Å². The molecule has 0 saturated carbocycles. The fraction of sp³-hybridized carbons (Fsp3) is 0.667. The monoisotopic (exact) mass is 282 g/mol. The van der Waals surface area contributed by atoms with Crippen LogP contribution in [0.15, 0.2) is 16.7 Å². The zero-order valence-electron chi connectivity index (χ0n) is 13.1. The van der Waals surface area contributed by atoms with E-state index in [2.05, 4.69) is 42.6 Å². The molecule has 114 valence electrons. The molecule has 0 atom stereocenters. The fourth-order valence-corrected chi connectivity index (χ4v) is 2.29. The van der Waals surface area contributed by atoms with Crippen molar-refractivity contribution in [2.45, 2.75) is 46.3 Å². The second-order valence-electron chi connectivity index (χ2n) is 5.37. The van der Waals surface area contributed by atoms with E-state index in [0.717, 1.165) is 18.7 Å². The molecule has 0 spiro atoms. The van der Waals surface area contributed by atoms with Gasteiger partial charge in [-0.1, -0.05) is 0 Å². The molecule has 20 heavy (non-hydrogen) atoms. The molecule has 1 N–H and O–H groups in total. The van der Waals surface area contributed by atoms with Crippen molar-refractivity contribution in [2.75, 3.05) is 20.2 Å². The molecule has 0 aliphatic carbocycles. The maximum Gasteiger partial charge on any atom is 0.374 e. The summed E-state index contributed by atoms with van der Waals surface area (Å²) in [5, 5.41) is 3.34. The summed E-state index contributed by atoms with van der Waals surface area (Å²) in [4.78, 5) is 13.9. The third-order valence-electron chi connectivity index (χ3n) is 3.31. The van der Waals surface area contributed by atoms with Crippen LogP contribution in [0.5, 0.6) is 0 Å². The largest absolute Gasteiger partial charge is 0.463 e. The standard InChI is InChI=1S/C15H26N2O3/c1-11(2)17(12(3)4)8-7-16-10-13-6-9-20-14(13)15(18)19-5/h6,9,11-12,16H,7-8,10H2,1-5H3. The molecule has 0 saturated heterocycles. The van der Waals surface area contributed by atoms with E-state index in [9.17, 15) is 4.79 Å². The van der Waals surface area contributed by atoms with Gasteiger partial charge in [-0.25, -0.2) is 4.79 Å². The molecule has 0 aliphatic rings. The van der Waals surface area contributed by atoms with Gasteiger partial charge in [-0.05, 0) is 33.8 Å². The highest BCUT2D eigenvalue weighted by atomic mass is 16.5. The smallest absolute Gasteiger partial charge is 0.374 e. The number of esters is 1. The average Bonchev–Trinajstić information content (AvgIpc) is 2.85. The minimum atomic E-state index is -0.433. The minimum absolute atomic E-state index is 0.282. The molecule has 1 rings (SSSR count). The lowest BCUT2D eigenvalue weighted by atomic mass is 10.2. The zero-order valence-corrected chi connectivity index (χ0v) is 13.1. The molecular formula is C15H26N2O3. The Morgan fingerprint density at radius 2 is 2.00 bits per heavy atom. The number of hydrogen-bond donors (Lipinski definition) is 1. The number of methoxy groups -OCH3 is 1. The lowest BCUT2D eigenvalue weighted by Gasteiger charge is -2.30. The first kappa shape index (κ1) is 16.7. The van der Waals surface area contributed by atoms with Crippen LogP contribution in [0.4, 0.5) is 0 Å². The van der Waals surface area contributed by atoms with E-state index in [4.69, 9.17) is 4.42 Å². The van der Waals surface area contributed by atoms with E-state index < -0.39 is 5.97 Å². The molecule has 0 radical (unpaired) electrons. The lowest BCUT2D eigenvalue weighted by Crippen LogP contribution is -2.41. The van der Waals surface area contributed by atoms with Gasteiger partial charge in [0.25, 0.3) is 0 Å². The van der Waals surface area contributed by atoms with Crippen LogP contribution in [0.1, 0.15) is 43.8 Å². The highest BCUT2D eigenvalue weighted by molar-refractivity contribution is 5.87. The van der Waals surface area contributed by atoms with E-state index >= 15 is 0 Å². The van der Waals surface area contributed by atoms with Crippen molar-refractivity contribution in [1.29, 1.82) is 0 Å². The number of ether oxygens (including phenoxy) is 1. The lowest BCUT2D eigenvalue weighted by molar-refractivity contribution is 0.0563. The summed E-state index contributed by atoms with van der Waals surface area (Å²) in [5.41, 5.74) is 0.831. The Labute approximate surface area is 121 Å². The number of carbonyl (C=O) groups is 1. The number of nitrogens with zero attached hydrogens (tertiary/aromatic N) is 1. The Bertz CT molecular complexity index is 405. The van der Waals surface area contributed by atoms with Crippen LogP contribution >= 0.6 is 0 Å². The van der Waals surface area contributed by atoms with Crippen LogP contribution in [-0.2, 0) is 11.3 Å². The van der Waals surface area contributed by atoms with Gasteiger partial charge in [0.05, 0.1) is 13.4 Å². The number of hydrogen-bond acceptors (Lipinski definition) is 5. The third kappa shape index (κ3) is 4.65. The highest BCUT2D eigenvalue weighted by Crippen LogP contribution is 2.11. The molecule has 1 aromatic heterocycles. The van der Waals surface area contributed by atoms with Crippen LogP contribution in [0.2, 0.25) is 0 Å². The Kier molecular flexibility index (Phi) is 6.75. The van der Waals surface area contributed by atoms with Gasteiger partial charge < -0.3 is 14.5 Å². The van der Waals surface area contributed by atoms with Crippen molar-refractivity contribution in [3.63, 3.8) is 0 Å². The molecule has 0 aliphatic heterocycles. The van der Waals surface area contributed by atoms with Crippen molar-refractivity contribution < 1.29 is 13.9 Å². The first-order chi connectivity index (χ1) is 9.47. The van der Waals surface area contributed by atoms with Crippen molar-refractivity contribution in [1.82, 2.24) is 10.2 Å². The van der Waals surface area contributed by atoms with E-state index in [-0.39, 0.29) is 5.76 Å². The summed E-state index contributed by atoms with van der Waals surface area (Å²) in [5.74, 6) is -0.151. The number of nitrogens with one attached hydrogen (secondary N) is 1. The first-order valence-corrected chi connectivity index (χ1v) is 7.08. The highest BCUT2D eigenvalue weighted by Gasteiger charge is 2.16. The van der Waals surface area contributed by atoms with Gasteiger partial charge in [-0.2, -0.15) is 0 Å². The second kappa shape index (κ2) is 8.07. The van der Waals surface area contributed by atoms with Gasteiger partial charge in [0.2, 0.25) is 5.76 Å². The topological polar surface area (TPSA) is 54.7 Å². The number of rotatable bonds is 8. The summed E-state index contributed by atoms with van der Waals surface area (Å²) in [7, 11) is 1.35. The number of carbonyl (C=O) groups excluding carboxylic acids is 1. The third-order valence-corrected chi connectivity index (χ3v) is 3.31. The Balaban J connectivity index is 2.41. The molecule has 0 aromatic carbocycles. The minimum Gasteiger partial charge on any atom is -0.463 e. The predicted octanol–water partition coefficient (Wildman–Crippen LogP) is 2.27. The normalized spacial score (nSPS) is 11.6. The van der Waals surface area contributed by atoms with Gasteiger partial charge in [0.15, 0.2) is 0 Å². The summed E-state index contributed by atoms with van der Waals surface area (Å²) in [6, 6.07) is 2.84. The first-order valence-electron chi connectivity index (χ1n) is 7.08. The van der Waals surface area contributed by atoms with Crippen LogP contribution in [0, 0.1) is 0 Å².